The van der Waals surface area contributed by atoms with E-state index >= 15 is 0 Å². The average molecular weight is 555 g/mol. The largest absolute Gasteiger partial charge is 0.342 e. The van der Waals surface area contributed by atoms with Gasteiger partial charge in [-0.25, -0.2) is 0 Å². The fourth-order valence-corrected chi connectivity index (χ4v) is 4.97. The number of aryl methyl sites for hydroxylation is 1. The van der Waals surface area contributed by atoms with Gasteiger partial charge in [-0.05, 0) is 61.7 Å². The van der Waals surface area contributed by atoms with Gasteiger partial charge in [0.1, 0.15) is 0 Å². The Morgan fingerprint density at radius 2 is 1.74 bits per heavy atom. The number of benzene rings is 2. The lowest BCUT2D eigenvalue weighted by Crippen LogP contribution is -2.34. The second-order valence-electron chi connectivity index (χ2n) is 8.20. The van der Waals surface area contributed by atoms with Gasteiger partial charge in [0.2, 0.25) is 5.91 Å². The van der Waals surface area contributed by atoms with Crippen molar-refractivity contribution in [3.63, 3.8) is 0 Å². The van der Waals surface area contributed by atoms with Gasteiger partial charge in [0.25, 0.3) is 5.91 Å². The van der Waals surface area contributed by atoms with E-state index in [1.165, 1.54) is 17.8 Å². The molecule has 0 aliphatic heterocycles. The number of thioether (sulfide) groups is 1. The van der Waals surface area contributed by atoms with E-state index < -0.39 is 6.04 Å². The van der Waals surface area contributed by atoms with Gasteiger partial charge in [0.05, 0.1) is 22.4 Å². The second-order valence-corrected chi connectivity index (χ2v) is 10.4. The number of carbonyl (C=O) groups excluding carboxylic acids is 2. The Morgan fingerprint density at radius 3 is 2.37 bits per heavy atom. The highest BCUT2D eigenvalue weighted by atomic mass is 35.5. The number of rotatable bonds is 9. The second kappa shape index (κ2) is 12.1. The predicted octanol–water partition coefficient (Wildman–Crippen LogP) is 6.42. The first-order valence-electron chi connectivity index (χ1n) is 11.0. The molecule has 0 radical (unpaired) electrons. The zero-order valence-electron chi connectivity index (χ0n) is 19.7. The number of hydrogen-bond donors (Lipinski definition) is 2. The topological polar surface area (TPSA) is 88.9 Å². The molecule has 0 aliphatic rings. The molecule has 1 heterocycles. The van der Waals surface area contributed by atoms with Crippen LogP contribution in [0.1, 0.15) is 48.6 Å². The minimum atomic E-state index is -0.415. The van der Waals surface area contributed by atoms with E-state index in [4.69, 9.17) is 34.8 Å². The molecule has 35 heavy (non-hydrogen) atoms. The van der Waals surface area contributed by atoms with Crippen LogP contribution in [0.3, 0.4) is 0 Å². The number of aromatic nitrogens is 3. The highest BCUT2D eigenvalue weighted by Crippen LogP contribution is 2.27. The van der Waals surface area contributed by atoms with E-state index in [1.54, 1.807) is 30.3 Å². The predicted molar refractivity (Wildman–Crippen MR) is 143 cm³/mol. The van der Waals surface area contributed by atoms with Gasteiger partial charge in [0, 0.05) is 22.3 Å². The molecule has 1 atom stereocenters. The zero-order chi connectivity index (χ0) is 25.7. The third kappa shape index (κ3) is 6.91. The van der Waals surface area contributed by atoms with E-state index in [-0.39, 0.29) is 28.5 Å². The fourth-order valence-electron chi connectivity index (χ4n) is 3.44. The smallest absolute Gasteiger partial charge is 0.253 e. The maximum atomic E-state index is 12.9. The number of carbonyl (C=O) groups is 2. The fraction of sp³-hybridized carbons (Fsp3) is 0.333. The molecule has 0 spiro atoms. The van der Waals surface area contributed by atoms with Gasteiger partial charge in [0.15, 0.2) is 11.0 Å². The van der Waals surface area contributed by atoms with Gasteiger partial charge in [-0.15, -0.1) is 10.2 Å². The molecule has 0 fully saturated rings. The molecule has 1 aromatic heterocycles. The molecule has 0 saturated carbocycles. The summed E-state index contributed by atoms with van der Waals surface area (Å²) in [6.45, 7) is 8.38. The van der Waals surface area contributed by atoms with Gasteiger partial charge in [-0.3, -0.25) is 9.59 Å². The molecule has 2 aromatic carbocycles. The summed E-state index contributed by atoms with van der Waals surface area (Å²) in [5, 5.41) is 16.5. The van der Waals surface area contributed by atoms with Crippen molar-refractivity contribution in [1.29, 1.82) is 0 Å². The van der Waals surface area contributed by atoms with Crippen molar-refractivity contribution >= 4 is 64.1 Å². The number of nitrogens with zero attached hydrogens (tertiary/aromatic N) is 3. The first kappa shape index (κ1) is 27.3. The van der Waals surface area contributed by atoms with Crippen molar-refractivity contribution in [2.24, 2.45) is 5.92 Å². The quantitative estimate of drug-likeness (QED) is 0.298. The van der Waals surface area contributed by atoms with Crippen LogP contribution in [0.5, 0.6) is 0 Å². The van der Waals surface area contributed by atoms with Crippen molar-refractivity contribution < 1.29 is 9.59 Å². The van der Waals surface area contributed by atoms with Crippen LogP contribution in [0.25, 0.3) is 0 Å². The summed E-state index contributed by atoms with van der Waals surface area (Å²) in [7, 11) is 0. The summed E-state index contributed by atoms with van der Waals surface area (Å²) in [6.07, 6.45) is 0. The summed E-state index contributed by atoms with van der Waals surface area (Å²) in [6, 6.07) is 9.62. The maximum absolute atomic E-state index is 12.9. The van der Waals surface area contributed by atoms with Crippen LogP contribution in [0, 0.1) is 12.8 Å². The van der Waals surface area contributed by atoms with Crippen molar-refractivity contribution in [2.75, 3.05) is 11.1 Å². The van der Waals surface area contributed by atoms with E-state index in [2.05, 4.69) is 20.8 Å². The van der Waals surface area contributed by atoms with Crippen LogP contribution in [-0.2, 0) is 11.3 Å². The van der Waals surface area contributed by atoms with Crippen molar-refractivity contribution in [1.82, 2.24) is 20.1 Å². The van der Waals surface area contributed by atoms with Crippen molar-refractivity contribution in [3.8, 4) is 0 Å². The van der Waals surface area contributed by atoms with Crippen molar-refractivity contribution in [3.05, 3.63) is 68.4 Å². The summed E-state index contributed by atoms with van der Waals surface area (Å²) in [5.74, 6) is 0.284. The summed E-state index contributed by atoms with van der Waals surface area (Å²) >= 11 is 19.4. The summed E-state index contributed by atoms with van der Waals surface area (Å²) < 4.78 is 1.90. The van der Waals surface area contributed by atoms with Crippen LogP contribution < -0.4 is 10.6 Å². The summed E-state index contributed by atoms with van der Waals surface area (Å²) in [4.78, 5) is 25.5. The first-order valence-corrected chi connectivity index (χ1v) is 13.1. The van der Waals surface area contributed by atoms with E-state index in [9.17, 15) is 9.59 Å². The van der Waals surface area contributed by atoms with Crippen LogP contribution in [-0.4, -0.2) is 32.3 Å². The minimum Gasteiger partial charge on any atom is -0.342 e. The zero-order valence-corrected chi connectivity index (χ0v) is 22.8. The summed E-state index contributed by atoms with van der Waals surface area (Å²) in [5.41, 5.74) is 1.92. The number of hydrogen-bond acceptors (Lipinski definition) is 5. The number of halogens is 3. The SMILES string of the molecule is CCn1c(SCC(=O)Nc2ccc(Cl)cc2C)nnc1[C@@H](NC(=O)c1ccc(Cl)cc1Cl)C(C)C. The van der Waals surface area contributed by atoms with Gasteiger partial charge in [-0.2, -0.15) is 0 Å². The van der Waals surface area contributed by atoms with Crippen LogP contribution >= 0.6 is 46.6 Å². The molecule has 7 nitrogen and oxygen atoms in total. The molecule has 0 saturated heterocycles. The Bertz CT molecular complexity index is 1230. The van der Waals surface area contributed by atoms with E-state index in [1.807, 2.05) is 32.3 Å². The minimum absolute atomic E-state index is 0.0218. The number of amides is 2. The third-order valence-electron chi connectivity index (χ3n) is 5.26. The van der Waals surface area contributed by atoms with Gasteiger partial charge >= 0.3 is 0 Å². The monoisotopic (exact) mass is 553 g/mol. The van der Waals surface area contributed by atoms with E-state index in [0.717, 1.165) is 5.56 Å². The number of anilines is 1. The molecule has 0 bridgehead atoms. The Labute approximate surface area is 223 Å². The maximum Gasteiger partial charge on any atom is 0.253 e. The standard InChI is InChI=1S/C24H26Cl3N5O2S/c1-5-32-22(21(13(2)3)29-23(34)17-8-6-16(26)11-18(17)27)30-31-24(32)35-12-20(33)28-19-9-7-15(25)10-14(19)4/h6-11,13,21H,5,12H2,1-4H3,(H,28,33)(H,29,34)/t21-/m0/s1. The normalized spacial score (nSPS) is 12.0. The number of nitrogens with one attached hydrogen (secondary N) is 2. The molecule has 186 valence electrons. The molecule has 0 unspecified atom stereocenters. The first-order chi connectivity index (χ1) is 16.6. The van der Waals surface area contributed by atoms with Crippen LogP contribution in [0.4, 0.5) is 5.69 Å². The highest BCUT2D eigenvalue weighted by molar-refractivity contribution is 7.99. The third-order valence-corrected chi connectivity index (χ3v) is 7.01. The van der Waals surface area contributed by atoms with Crippen molar-refractivity contribution in [2.45, 2.75) is 45.4 Å². The lowest BCUT2D eigenvalue weighted by Gasteiger charge is -2.22. The molecule has 3 rings (SSSR count). The Kier molecular flexibility index (Phi) is 9.47. The average Bonchev–Trinajstić information content (AvgIpc) is 3.20. The molecule has 2 N–H and O–H groups in total. The van der Waals surface area contributed by atoms with Crippen LogP contribution in [0.15, 0.2) is 41.6 Å². The molecule has 0 aliphatic carbocycles. The lowest BCUT2D eigenvalue weighted by molar-refractivity contribution is -0.113. The Balaban J connectivity index is 1.73. The lowest BCUT2D eigenvalue weighted by atomic mass is 10.0. The Hall–Kier alpha value is -2.26. The van der Waals surface area contributed by atoms with E-state index in [0.29, 0.717) is 38.8 Å². The molecular weight excluding hydrogens is 529 g/mol. The molecular formula is C24H26Cl3N5O2S. The molecule has 11 heteroatoms. The van der Waals surface area contributed by atoms with Gasteiger partial charge in [-0.1, -0.05) is 60.4 Å². The molecule has 3 aromatic rings. The van der Waals surface area contributed by atoms with Gasteiger partial charge < -0.3 is 15.2 Å². The Morgan fingerprint density at radius 1 is 1.06 bits per heavy atom. The van der Waals surface area contributed by atoms with Crippen LogP contribution in [0.2, 0.25) is 15.1 Å². The highest BCUT2D eigenvalue weighted by Gasteiger charge is 2.27. The molecule has 2 amide bonds.